The Morgan fingerprint density at radius 2 is 2.09 bits per heavy atom. The van der Waals surface area contributed by atoms with E-state index in [1.807, 2.05) is 0 Å². The number of Topliss-reactive ketones (excluding diaryl/α,β-unsaturated/α-hetero) is 1. The average molecular weight is 152 g/mol. The summed E-state index contributed by atoms with van der Waals surface area (Å²) >= 11 is 0. The number of carbonyl (C=O) groups excluding carboxylic acids is 1. The van der Waals surface area contributed by atoms with Crippen molar-refractivity contribution >= 4 is 5.78 Å². The molecule has 0 radical (unpaired) electrons. The third kappa shape index (κ3) is 1.11. The molecule has 3 atom stereocenters. The molecular weight excluding hydrogens is 136 g/mol. The van der Waals surface area contributed by atoms with Crippen molar-refractivity contribution in [3.8, 4) is 0 Å². The molecule has 0 bridgehead atoms. The van der Waals surface area contributed by atoms with E-state index >= 15 is 0 Å². The summed E-state index contributed by atoms with van der Waals surface area (Å²) in [6.45, 7) is 2.24. The van der Waals surface area contributed by atoms with Gasteiger partial charge in [0, 0.05) is 12.3 Å². The standard InChI is InChI=1S/C10H16O/c1-7-5-6-8-3-2-4-9(11)10(7)8/h7-8,10H,2-6H2,1H3/t7-,8+,10-/m0/s1. The normalized spacial score (nSPS) is 44.1. The molecule has 2 saturated carbocycles. The SMILES string of the molecule is C[C@H]1CC[C@H]2CCCC(=O)[C@H]21. The maximum absolute atomic E-state index is 11.5. The van der Waals surface area contributed by atoms with E-state index in [1.165, 1.54) is 19.3 Å². The molecule has 0 unspecified atom stereocenters. The van der Waals surface area contributed by atoms with Gasteiger partial charge in [-0.25, -0.2) is 0 Å². The van der Waals surface area contributed by atoms with E-state index in [4.69, 9.17) is 0 Å². The minimum Gasteiger partial charge on any atom is -0.299 e. The zero-order chi connectivity index (χ0) is 7.84. The molecule has 2 fully saturated rings. The molecule has 1 nitrogen and oxygen atoms in total. The summed E-state index contributed by atoms with van der Waals surface area (Å²) in [6.07, 6.45) is 5.96. The van der Waals surface area contributed by atoms with Crippen LogP contribution in [0.15, 0.2) is 0 Å². The summed E-state index contributed by atoms with van der Waals surface area (Å²) in [6, 6.07) is 0. The van der Waals surface area contributed by atoms with Crippen molar-refractivity contribution < 1.29 is 4.79 Å². The van der Waals surface area contributed by atoms with Crippen molar-refractivity contribution in [2.45, 2.75) is 39.0 Å². The van der Waals surface area contributed by atoms with Crippen LogP contribution in [0, 0.1) is 17.8 Å². The van der Waals surface area contributed by atoms with Crippen LogP contribution in [0.3, 0.4) is 0 Å². The molecule has 0 heterocycles. The molecule has 1 heteroatoms. The number of carbonyl (C=O) groups is 1. The highest BCUT2D eigenvalue weighted by Gasteiger charge is 2.39. The molecule has 11 heavy (non-hydrogen) atoms. The van der Waals surface area contributed by atoms with Gasteiger partial charge in [-0.15, -0.1) is 0 Å². The van der Waals surface area contributed by atoms with Crippen molar-refractivity contribution in [1.29, 1.82) is 0 Å². The number of hydrogen-bond donors (Lipinski definition) is 0. The Morgan fingerprint density at radius 1 is 1.27 bits per heavy atom. The molecule has 0 aromatic heterocycles. The van der Waals surface area contributed by atoms with E-state index in [0.29, 0.717) is 17.6 Å². The van der Waals surface area contributed by atoms with Crippen LogP contribution in [-0.2, 0) is 4.79 Å². The van der Waals surface area contributed by atoms with E-state index < -0.39 is 0 Å². The second-order valence-electron chi connectivity index (χ2n) is 4.20. The van der Waals surface area contributed by atoms with Crippen LogP contribution in [0.25, 0.3) is 0 Å². The Kier molecular flexibility index (Phi) is 1.74. The van der Waals surface area contributed by atoms with Gasteiger partial charge in [0.05, 0.1) is 0 Å². The molecule has 0 aliphatic heterocycles. The quantitative estimate of drug-likeness (QED) is 0.521. The van der Waals surface area contributed by atoms with Crippen molar-refractivity contribution in [3.05, 3.63) is 0 Å². The lowest BCUT2D eigenvalue weighted by molar-refractivity contribution is -0.127. The Hall–Kier alpha value is -0.330. The topological polar surface area (TPSA) is 17.1 Å². The highest BCUT2D eigenvalue weighted by Crippen LogP contribution is 2.43. The summed E-state index contributed by atoms with van der Waals surface area (Å²) in [5, 5.41) is 0. The second kappa shape index (κ2) is 2.62. The molecule has 0 aromatic rings. The molecule has 2 aliphatic rings. The van der Waals surface area contributed by atoms with Gasteiger partial charge in [0.2, 0.25) is 0 Å². The molecule has 0 aromatic carbocycles. The first-order valence-corrected chi connectivity index (χ1v) is 4.82. The van der Waals surface area contributed by atoms with E-state index in [0.717, 1.165) is 18.8 Å². The van der Waals surface area contributed by atoms with Crippen molar-refractivity contribution in [2.24, 2.45) is 17.8 Å². The second-order valence-corrected chi connectivity index (χ2v) is 4.20. The molecule has 2 rings (SSSR count). The van der Waals surface area contributed by atoms with E-state index in [-0.39, 0.29) is 0 Å². The van der Waals surface area contributed by atoms with Gasteiger partial charge in [0.25, 0.3) is 0 Å². The maximum Gasteiger partial charge on any atom is 0.136 e. The molecule has 0 N–H and O–H groups in total. The van der Waals surface area contributed by atoms with Crippen molar-refractivity contribution in [3.63, 3.8) is 0 Å². The fourth-order valence-corrected chi connectivity index (χ4v) is 2.91. The van der Waals surface area contributed by atoms with Crippen LogP contribution in [0.5, 0.6) is 0 Å². The fourth-order valence-electron chi connectivity index (χ4n) is 2.91. The first kappa shape index (κ1) is 7.33. The Labute approximate surface area is 68.2 Å². The Bertz CT molecular complexity index is 172. The monoisotopic (exact) mass is 152 g/mol. The van der Waals surface area contributed by atoms with Gasteiger partial charge in [-0.3, -0.25) is 4.79 Å². The minimum absolute atomic E-state index is 0.462. The van der Waals surface area contributed by atoms with Gasteiger partial charge < -0.3 is 0 Å². The molecule has 0 spiro atoms. The number of ketones is 1. The van der Waals surface area contributed by atoms with Crippen LogP contribution in [0.2, 0.25) is 0 Å². The smallest absolute Gasteiger partial charge is 0.136 e. The summed E-state index contributed by atoms with van der Waals surface area (Å²) in [5.74, 6) is 2.48. The van der Waals surface area contributed by atoms with Gasteiger partial charge in [0.1, 0.15) is 5.78 Å². The zero-order valence-electron chi connectivity index (χ0n) is 7.18. The van der Waals surface area contributed by atoms with E-state index in [9.17, 15) is 4.79 Å². The first-order chi connectivity index (χ1) is 5.29. The minimum atomic E-state index is 0.462. The third-order valence-electron chi connectivity index (χ3n) is 3.48. The summed E-state index contributed by atoms with van der Waals surface area (Å²) < 4.78 is 0. The zero-order valence-corrected chi connectivity index (χ0v) is 7.18. The van der Waals surface area contributed by atoms with Crippen molar-refractivity contribution in [1.82, 2.24) is 0 Å². The van der Waals surface area contributed by atoms with Crippen LogP contribution < -0.4 is 0 Å². The predicted octanol–water partition coefficient (Wildman–Crippen LogP) is 2.40. The predicted molar refractivity (Wildman–Crippen MR) is 44.2 cm³/mol. The summed E-state index contributed by atoms with van der Waals surface area (Å²) in [5.41, 5.74) is 0. The van der Waals surface area contributed by atoms with Crippen molar-refractivity contribution in [2.75, 3.05) is 0 Å². The van der Waals surface area contributed by atoms with Crippen LogP contribution >= 0.6 is 0 Å². The lowest BCUT2D eigenvalue weighted by atomic mass is 9.78. The number of rotatable bonds is 0. The van der Waals surface area contributed by atoms with Gasteiger partial charge in [-0.2, -0.15) is 0 Å². The van der Waals surface area contributed by atoms with Gasteiger partial charge >= 0.3 is 0 Å². The first-order valence-electron chi connectivity index (χ1n) is 4.82. The Balaban J connectivity index is 2.14. The maximum atomic E-state index is 11.5. The van der Waals surface area contributed by atoms with Gasteiger partial charge in [-0.05, 0) is 37.5 Å². The fraction of sp³-hybridized carbons (Fsp3) is 0.900. The van der Waals surface area contributed by atoms with Gasteiger partial charge in [0.15, 0.2) is 0 Å². The van der Waals surface area contributed by atoms with Gasteiger partial charge in [-0.1, -0.05) is 6.92 Å². The molecule has 0 amide bonds. The lowest BCUT2D eigenvalue weighted by Gasteiger charge is -2.26. The highest BCUT2D eigenvalue weighted by molar-refractivity contribution is 5.82. The number of hydrogen-bond acceptors (Lipinski definition) is 1. The average Bonchev–Trinajstić information content (AvgIpc) is 2.34. The van der Waals surface area contributed by atoms with E-state index in [1.54, 1.807) is 0 Å². The molecule has 2 aliphatic carbocycles. The molecular formula is C10H16O. The lowest BCUT2D eigenvalue weighted by Crippen LogP contribution is -2.27. The van der Waals surface area contributed by atoms with Crippen LogP contribution in [0.4, 0.5) is 0 Å². The highest BCUT2D eigenvalue weighted by atomic mass is 16.1. The Morgan fingerprint density at radius 3 is 2.82 bits per heavy atom. The summed E-state index contributed by atoms with van der Waals surface area (Å²) in [4.78, 5) is 11.5. The molecule has 0 saturated heterocycles. The van der Waals surface area contributed by atoms with E-state index in [2.05, 4.69) is 6.92 Å². The largest absolute Gasteiger partial charge is 0.299 e. The third-order valence-corrected chi connectivity index (χ3v) is 3.48. The molecule has 62 valence electrons. The van der Waals surface area contributed by atoms with Crippen LogP contribution in [-0.4, -0.2) is 5.78 Å². The summed E-state index contributed by atoms with van der Waals surface area (Å²) in [7, 11) is 0. The van der Waals surface area contributed by atoms with Crippen LogP contribution in [0.1, 0.15) is 39.0 Å². The number of fused-ring (bicyclic) bond motifs is 1.